The monoisotopic (exact) mass is 321 g/mol. The number of nitrogens with zero attached hydrogens (tertiary/aromatic N) is 2. The fourth-order valence-electron chi connectivity index (χ4n) is 2.39. The van der Waals surface area contributed by atoms with Gasteiger partial charge in [0.15, 0.2) is 0 Å². The maximum absolute atomic E-state index is 13.0. The molecule has 0 saturated carbocycles. The lowest BCUT2D eigenvalue weighted by Gasteiger charge is -2.20. The highest BCUT2D eigenvalue weighted by Crippen LogP contribution is 2.21. The smallest absolute Gasteiger partial charge is 0.276 e. The molecule has 0 atom stereocenters. The second-order valence-electron chi connectivity index (χ2n) is 5.21. The number of hydrogen-bond donors (Lipinski definition) is 1. The summed E-state index contributed by atoms with van der Waals surface area (Å²) < 4.78 is 13.0. The van der Waals surface area contributed by atoms with Gasteiger partial charge in [-0.2, -0.15) is 5.10 Å². The van der Waals surface area contributed by atoms with E-state index in [2.05, 4.69) is 16.8 Å². The summed E-state index contributed by atoms with van der Waals surface area (Å²) in [5.41, 5.74) is 2.46. The third kappa shape index (κ3) is 3.25. The van der Waals surface area contributed by atoms with Crippen LogP contribution in [0.4, 0.5) is 10.1 Å². The van der Waals surface area contributed by atoms with Gasteiger partial charge in [-0.3, -0.25) is 9.89 Å². The average Bonchev–Trinajstić information content (AvgIpc) is 3.10. The molecule has 3 aromatic rings. The number of H-pyrrole nitrogens is 1. The summed E-state index contributed by atoms with van der Waals surface area (Å²) in [6.45, 7) is 4.09. The second kappa shape index (κ2) is 6.91. The minimum Gasteiger partial charge on any atom is -0.303 e. The third-order valence-corrected chi connectivity index (χ3v) is 3.57. The summed E-state index contributed by atoms with van der Waals surface area (Å²) in [7, 11) is 0. The van der Waals surface area contributed by atoms with Crippen molar-refractivity contribution in [3.63, 3.8) is 0 Å². The summed E-state index contributed by atoms with van der Waals surface area (Å²) in [4.78, 5) is 14.4. The van der Waals surface area contributed by atoms with Crippen LogP contribution in [0.25, 0.3) is 11.3 Å². The number of aromatic amines is 1. The lowest BCUT2D eigenvalue weighted by Crippen LogP contribution is -2.31. The predicted octanol–water partition coefficient (Wildman–Crippen LogP) is 4.05. The van der Waals surface area contributed by atoms with Gasteiger partial charge >= 0.3 is 0 Å². The zero-order valence-corrected chi connectivity index (χ0v) is 12.9. The number of amides is 1. The molecule has 0 spiro atoms. The molecule has 0 bridgehead atoms. The van der Waals surface area contributed by atoms with E-state index in [0.717, 1.165) is 11.3 Å². The fourth-order valence-corrected chi connectivity index (χ4v) is 2.39. The number of anilines is 1. The predicted molar refractivity (Wildman–Crippen MR) is 92.3 cm³/mol. The molecule has 0 unspecified atom stereocenters. The number of hydrogen-bond acceptors (Lipinski definition) is 2. The van der Waals surface area contributed by atoms with Gasteiger partial charge in [-0.05, 0) is 42.5 Å². The molecular formula is C19H16FN3O. The van der Waals surface area contributed by atoms with Crippen LogP contribution < -0.4 is 4.90 Å². The molecule has 1 aromatic heterocycles. The van der Waals surface area contributed by atoms with E-state index in [0.29, 0.717) is 17.9 Å². The SMILES string of the molecule is C=CCN(C(=O)c1cc(-c2ccc(F)cc2)n[nH]1)c1ccccc1. The van der Waals surface area contributed by atoms with Gasteiger partial charge < -0.3 is 4.90 Å². The van der Waals surface area contributed by atoms with Crippen LogP contribution in [-0.2, 0) is 0 Å². The van der Waals surface area contributed by atoms with Crippen LogP contribution in [0.2, 0.25) is 0 Å². The maximum atomic E-state index is 13.0. The number of para-hydroxylation sites is 1. The first kappa shape index (κ1) is 15.7. The number of rotatable bonds is 5. The Morgan fingerprint density at radius 1 is 1.17 bits per heavy atom. The number of aromatic nitrogens is 2. The molecule has 0 aliphatic rings. The van der Waals surface area contributed by atoms with Gasteiger partial charge in [-0.25, -0.2) is 4.39 Å². The minimum atomic E-state index is -0.313. The molecule has 1 N–H and O–H groups in total. The van der Waals surface area contributed by atoms with E-state index in [1.54, 1.807) is 29.2 Å². The lowest BCUT2D eigenvalue weighted by molar-refractivity contribution is 0.0985. The first-order chi connectivity index (χ1) is 11.7. The number of carbonyl (C=O) groups is 1. The zero-order chi connectivity index (χ0) is 16.9. The molecular weight excluding hydrogens is 305 g/mol. The topological polar surface area (TPSA) is 49.0 Å². The quantitative estimate of drug-likeness (QED) is 0.721. The second-order valence-corrected chi connectivity index (χ2v) is 5.21. The fraction of sp³-hybridized carbons (Fsp3) is 0.0526. The van der Waals surface area contributed by atoms with Crippen LogP contribution in [0, 0.1) is 5.82 Å². The Morgan fingerprint density at radius 3 is 2.54 bits per heavy atom. The van der Waals surface area contributed by atoms with Crippen molar-refractivity contribution in [3.8, 4) is 11.3 Å². The Hall–Kier alpha value is -3.21. The molecule has 2 aromatic carbocycles. The first-order valence-corrected chi connectivity index (χ1v) is 7.48. The standard InChI is InChI=1S/C19H16FN3O/c1-2-12-23(16-6-4-3-5-7-16)19(24)18-13-17(21-22-18)14-8-10-15(20)11-9-14/h2-11,13H,1,12H2,(H,21,22). The number of halogens is 1. The van der Waals surface area contributed by atoms with E-state index in [9.17, 15) is 9.18 Å². The van der Waals surface area contributed by atoms with Crippen molar-refractivity contribution < 1.29 is 9.18 Å². The molecule has 0 aliphatic carbocycles. The summed E-state index contributed by atoms with van der Waals surface area (Å²) in [5.74, 6) is -0.520. The molecule has 120 valence electrons. The summed E-state index contributed by atoms with van der Waals surface area (Å²) in [6.07, 6.45) is 1.67. The van der Waals surface area contributed by atoms with Crippen molar-refractivity contribution in [1.82, 2.24) is 10.2 Å². The Labute approximate surface area is 139 Å². The maximum Gasteiger partial charge on any atom is 0.276 e. The van der Waals surface area contributed by atoms with Crippen molar-refractivity contribution >= 4 is 11.6 Å². The first-order valence-electron chi connectivity index (χ1n) is 7.48. The number of nitrogens with one attached hydrogen (secondary N) is 1. The van der Waals surface area contributed by atoms with Gasteiger partial charge in [0.05, 0.1) is 5.69 Å². The molecule has 4 nitrogen and oxygen atoms in total. The van der Waals surface area contributed by atoms with Crippen molar-refractivity contribution in [2.24, 2.45) is 0 Å². The van der Waals surface area contributed by atoms with Gasteiger partial charge in [0.1, 0.15) is 11.5 Å². The van der Waals surface area contributed by atoms with Crippen molar-refractivity contribution in [3.05, 3.63) is 84.8 Å². The average molecular weight is 321 g/mol. The Balaban J connectivity index is 1.89. The van der Waals surface area contributed by atoms with E-state index < -0.39 is 0 Å². The number of benzene rings is 2. The number of carbonyl (C=O) groups excluding carboxylic acids is 1. The van der Waals surface area contributed by atoms with Crippen molar-refractivity contribution in [2.45, 2.75) is 0 Å². The van der Waals surface area contributed by atoms with Gasteiger partial charge in [-0.15, -0.1) is 6.58 Å². The normalized spacial score (nSPS) is 10.4. The molecule has 3 rings (SSSR count). The zero-order valence-electron chi connectivity index (χ0n) is 12.9. The van der Waals surface area contributed by atoms with E-state index in [-0.39, 0.29) is 11.7 Å². The van der Waals surface area contributed by atoms with E-state index >= 15 is 0 Å². The van der Waals surface area contributed by atoms with Crippen LogP contribution >= 0.6 is 0 Å². The minimum absolute atomic E-state index is 0.207. The van der Waals surface area contributed by atoms with Crippen LogP contribution in [0.15, 0.2) is 73.3 Å². The molecule has 0 fully saturated rings. The summed E-state index contributed by atoms with van der Waals surface area (Å²) in [6, 6.07) is 17.0. The molecule has 0 aliphatic heterocycles. The molecule has 1 heterocycles. The molecule has 1 amide bonds. The highest BCUT2D eigenvalue weighted by molar-refractivity contribution is 6.05. The molecule has 0 radical (unpaired) electrons. The Bertz CT molecular complexity index is 841. The largest absolute Gasteiger partial charge is 0.303 e. The van der Waals surface area contributed by atoms with Gasteiger partial charge in [0, 0.05) is 17.8 Å². The van der Waals surface area contributed by atoms with Gasteiger partial charge in [0.2, 0.25) is 0 Å². The van der Waals surface area contributed by atoms with Gasteiger partial charge in [0.25, 0.3) is 5.91 Å². The Kier molecular flexibility index (Phi) is 4.52. The molecule has 5 heteroatoms. The van der Waals surface area contributed by atoms with Crippen LogP contribution in [-0.4, -0.2) is 22.6 Å². The highest BCUT2D eigenvalue weighted by atomic mass is 19.1. The van der Waals surface area contributed by atoms with Gasteiger partial charge in [-0.1, -0.05) is 24.3 Å². The van der Waals surface area contributed by atoms with Crippen LogP contribution in [0.3, 0.4) is 0 Å². The summed E-state index contributed by atoms with van der Waals surface area (Å²) in [5, 5.41) is 6.91. The molecule has 24 heavy (non-hydrogen) atoms. The Morgan fingerprint density at radius 2 is 1.88 bits per heavy atom. The lowest BCUT2D eigenvalue weighted by atomic mass is 10.1. The van der Waals surface area contributed by atoms with Crippen LogP contribution in [0.1, 0.15) is 10.5 Å². The van der Waals surface area contributed by atoms with Crippen molar-refractivity contribution in [2.75, 3.05) is 11.4 Å². The van der Waals surface area contributed by atoms with Crippen molar-refractivity contribution in [1.29, 1.82) is 0 Å². The molecule has 0 saturated heterocycles. The van der Waals surface area contributed by atoms with E-state index in [1.807, 2.05) is 30.3 Å². The summed E-state index contributed by atoms with van der Waals surface area (Å²) >= 11 is 0. The third-order valence-electron chi connectivity index (χ3n) is 3.57. The van der Waals surface area contributed by atoms with E-state index in [1.165, 1.54) is 12.1 Å². The highest BCUT2D eigenvalue weighted by Gasteiger charge is 2.19. The van der Waals surface area contributed by atoms with E-state index in [4.69, 9.17) is 0 Å². The van der Waals surface area contributed by atoms with Crippen LogP contribution in [0.5, 0.6) is 0 Å².